The number of aliphatic hydroxyl groups is 5. The topological polar surface area (TPSA) is 147 Å². The van der Waals surface area contributed by atoms with Crippen LogP contribution in [0.15, 0.2) is 0 Å². The van der Waals surface area contributed by atoms with Crippen LogP contribution in [0.25, 0.3) is 0 Å². The molecule has 3 saturated heterocycles. The van der Waals surface area contributed by atoms with Crippen molar-refractivity contribution in [1.82, 2.24) is 0 Å². The lowest BCUT2D eigenvalue weighted by atomic mass is 9.94. The Kier molecular flexibility index (Phi) is 5.95. The number of ether oxygens (including phenoxy) is 5. The van der Waals surface area contributed by atoms with Gasteiger partial charge < -0.3 is 49.2 Å². The Morgan fingerprint density at radius 2 is 1.64 bits per heavy atom. The van der Waals surface area contributed by atoms with Gasteiger partial charge >= 0.3 is 0 Å². The van der Waals surface area contributed by atoms with E-state index in [0.717, 1.165) is 0 Å². The van der Waals surface area contributed by atoms with Crippen LogP contribution in [0.4, 0.5) is 0 Å². The third kappa shape index (κ3) is 3.69. The van der Waals surface area contributed by atoms with Crippen molar-refractivity contribution in [3.05, 3.63) is 0 Å². The largest absolute Gasteiger partial charge is 0.394 e. The zero-order chi connectivity index (χ0) is 18.3. The average molecular weight is 366 g/mol. The Morgan fingerprint density at radius 3 is 2.32 bits per heavy atom. The van der Waals surface area contributed by atoms with Gasteiger partial charge in [-0.15, -0.1) is 0 Å². The van der Waals surface area contributed by atoms with Crippen molar-refractivity contribution in [2.24, 2.45) is 0 Å². The number of fused-ring (bicyclic) bond motifs is 1. The van der Waals surface area contributed by atoms with Crippen LogP contribution in [0.3, 0.4) is 0 Å². The zero-order valence-corrected chi connectivity index (χ0v) is 14.0. The average Bonchev–Trinajstić information content (AvgIpc) is 2.60. The van der Waals surface area contributed by atoms with E-state index in [0.29, 0.717) is 0 Å². The van der Waals surface area contributed by atoms with Crippen LogP contribution in [0.5, 0.6) is 0 Å². The van der Waals surface area contributed by atoms with Gasteiger partial charge in [-0.25, -0.2) is 0 Å². The molecule has 3 rings (SSSR count). The fraction of sp³-hybridized carbons (Fsp3) is 1.00. The maximum absolute atomic E-state index is 10.3. The molecule has 3 aliphatic rings. The van der Waals surface area contributed by atoms with Crippen LogP contribution in [-0.4, -0.2) is 106 Å². The number of aliphatic hydroxyl groups excluding tert-OH is 5. The predicted molar refractivity (Wildman–Crippen MR) is 79.3 cm³/mol. The summed E-state index contributed by atoms with van der Waals surface area (Å²) in [5.74, 6) is 0. The first-order valence-electron chi connectivity index (χ1n) is 8.40. The Hall–Kier alpha value is -0.400. The van der Waals surface area contributed by atoms with Crippen LogP contribution in [-0.2, 0) is 23.7 Å². The molecule has 3 fully saturated rings. The van der Waals surface area contributed by atoms with Gasteiger partial charge in [-0.2, -0.15) is 0 Å². The molecule has 146 valence electrons. The van der Waals surface area contributed by atoms with E-state index in [-0.39, 0.29) is 6.61 Å². The van der Waals surface area contributed by atoms with Gasteiger partial charge in [0.05, 0.1) is 19.3 Å². The SMILES string of the molecule is CC1OCC2O[C@H](O[C@@H]3C(CO)O[C@@H](C)C(O)[C@H]3O)C(O)[C@@H](O)[C@@H]2O1. The smallest absolute Gasteiger partial charge is 0.187 e. The molecule has 0 aliphatic carbocycles. The first-order valence-corrected chi connectivity index (χ1v) is 8.40. The summed E-state index contributed by atoms with van der Waals surface area (Å²) in [5.41, 5.74) is 0. The van der Waals surface area contributed by atoms with Gasteiger partial charge in [0.15, 0.2) is 12.6 Å². The van der Waals surface area contributed by atoms with Crippen LogP contribution < -0.4 is 0 Å². The quantitative estimate of drug-likeness (QED) is 0.352. The second kappa shape index (κ2) is 7.69. The minimum Gasteiger partial charge on any atom is -0.394 e. The van der Waals surface area contributed by atoms with Crippen molar-refractivity contribution >= 4 is 0 Å². The summed E-state index contributed by atoms with van der Waals surface area (Å²) in [6.45, 7) is 2.91. The molecule has 0 aromatic carbocycles. The molecule has 0 saturated carbocycles. The van der Waals surface area contributed by atoms with Gasteiger partial charge in [0.25, 0.3) is 0 Å². The van der Waals surface area contributed by atoms with Crippen molar-refractivity contribution < 1.29 is 49.2 Å². The lowest BCUT2D eigenvalue weighted by Gasteiger charge is -2.48. The lowest BCUT2D eigenvalue weighted by molar-refractivity contribution is -0.374. The van der Waals surface area contributed by atoms with E-state index in [1.807, 2.05) is 0 Å². The highest BCUT2D eigenvalue weighted by atomic mass is 16.8. The van der Waals surface area contributed by atoms with Gasteiger partial charge in [0.1, 0.15) is 48.8 Å². The summed E-state index contributed by atoms with van der Waals surface area (Å²) in [6, 6.07) is 0. The molecule has 5 unspecified atom stereocenters. The third-order valence-corrected chi connectivity index (χ3v) is 4.88. The van der Waals surface area contributed by atoms with Crippen molar-refractivity contribution in [2.75, 3.05) is 13.2 Å². The maximum Gasteiger partial charge on any atom is 0.187 e. The summed E-state index contributed by atoms with van der Waals surface area (Å²) < 4.78 is 27.4. The van der Waals surface area contributed by atoms with E-state index in [9.17, 15) is 25.5 Å². The molecule has 0 spiro atoms. The fourth-order valence-corrected chi connectivity index (χ4v) is 3.41. The Labute approximate surface area is 144 Å². The molecule has 3 aliphatic heterocycles. The van der Waals surface area contributed by atoms with Gasteiger partial charge in [-0.3, -0.25) is 0 Å². The second-order valence-electron chi connectivity index (χ2n) is 6.67. The molecule has 0 amide bonds. The molecule has 0 radical (unpaired) electrons. The van der Waals surface area contributed by atoms with E-state index >= 15 is 0 Å². The van der Waals surface area contributed by atoms with Crippen LogP contribution >= 0.6 is 0 Å². The molecule has 0 bridgehead atoms. The monoisotopic (exact) mass is 366 g/mol. The molecule has 10 nitrogen and oxygen atoms in total. The molecule has 0 aromatic rings. The van der Waals surface area contributed by atoms with Gasteiger partial charge in [-0.1, -0.05) is 0 Å². The number of rotatable bonds is 3. The van der Waals surface area contributed by atoms with Crippen LogP contribution in [0, 0.1) is 0 Å². The first-order chi connectivity index (χ1) is 11.8. The summed E-state index contributed by atoms with van der Waals surface area (Å²) in [4.78, 5) is 0. The highest BCUT2D eigenvalue weighted by Gasteiger charge is 2.51. The van der Waals surface area contributed by atoms with Crippen molar-refractivity contribution in [2.45, 2.75) is 81.4 Å². The van der Waals surface area contributed by atoms with Crippen molar-refractivity contribution in [3.8, 4) is 0 Å². The van der Waals surface area contributed by atoms with Gasteiger partial charge in [0.2, 0.25) is 0 Å². The Balaban J connectivity index is 1.71. The minimum atomic E-state index is -1.45. The van der Waals surface area contributed by atoms with E-state index in [2.05, 4.69) is 0 Å². The van der Waals surface area contributed by atoms with E-state index < -0.39 is 74.1 Å². The normalized spacial score (nSPS) is 54.1. The van der Waals surface area contributed by atoms with Gasteiger partial charge in [0, 0.05) is 0 Å². The standard InChI is InChI=1S/C15H26O10/c1-5-9(17)10(18)13(7(3-16)22-5)25-15-12(20)11(19)14-8(24-15)4-21-6(2)23-14/h5-20H,3-4H2,1-2H3/t5-,6?,7?,8?,9?,10+,11+,12?,13+,14+,15+/m0/s1. The Bertz CT molecular complexity index is 446. The molecular weight excluding hydrogens is 340 g/mol. The van der Waals surface area contributed by atoms with E-state index in [4.69, 9.17) is 23.7 Å². The van der Waals surface area contributed by atoms with Crippen molar-refractivity contribution in [3.63, 3.8) is 0 Å². The summed E-state index contributed by atoms with van der Waals surface area (Å²) in [5, 5.41) is 50.2. The summed E-state index contributed by atoms with van der Waals surface area (Å²) >= 11 is 0. The molecule has 5 N–H and O–H groups in total. The highest BCUT2D eigenvalue weighted by Crippen LogP contribution is 2.32. The molecule has 3 heterocycles. The van der Waals surface area contributed by atoms with Crippen LogP contribution in [0.2, 0.25) is 0 Å². The summed E-state index contributed by atoms with van der Waals surface area (Å²) in [7, 11) is 0. The van der Waals surface area contributed by atoms with E-state index in [1.165, 1.54) is 0 Å². The second-order valence-corrected chi connectivity index (χ2v) is 6.67. The number of hydrogen-bond acceptors (Lipinski definition) is 10. The maximum atomic E-state index is 10.3. The molecule has 0 aromatic heterocycles. The van der Waals surface area contributed by atoms with Gasteiger partial charge in [-0.05, 0) is 13.8 Å². The Morgan fingerprint density at radius 1 is 0.920 bits per heavy atom. The first kappa shape index (κ1) is 19.4. The summed E-state index contributed by atoms with van der Waals surface area (Å²) in [6.07, 6.45) is -11.4. The molecule has 11 atom stereocenters. The predicted octanol–water partition coefficient (Wildman–Crippen LogP) is -2.92. The minimum absolute atomic E-state index is 0.141. The van der Waals surface area contributed by atoms with Crippen LogP contribution in [0.1, 0.15) is 13.8 Å². The lowest BCUT2D eigenvalue weighted by Crippen LogP contribution is -2.65. The zero-order valence-electron chi connectivity index (χ0n) is 14.0. The van der Waals surface area contributed by atoms with Crippen molar-refractivity contribution in [1.29, 1.82) is 0 Å². The fourth-order valence-electron chi connectivity index (χ4n) is 3.41. The number of hydrogen-bond donors (Lipinski definition) is 5. The van der Waals surface area contributed by atoms with E-state index in [1.54, 1.807) is 13.8 Å². The molecule has 25 heavy (non-hydrogen) atoms. The third-order valence-electron chi connectivity index (χ3n) is 4.88. The molecule has 10 heteroatoms. The molecular formula is C15H26O10. The highest BCUT2D eigenvalue weighted by molar-refractivity contribution is 4.95.